The first-order valence-electron chi connectivity index (χ1n) is 6.72. The number of hydrogen-bond donors (Lipinski definition) is 3. The minimum atomic E-state index is -1.08. The minimum Gasteiger partial charge on any atom is -0.480 e. The molecule has 0 fully saturated rings. The fourth-order valence-corrected chi connectivity index (χ4v) is 2.74. The molecular weight excluding hydrogens is 343 g/mol. The highest BCUT2D eigenvalue weighted by molar-refractivity contribution is 6.42. The van der Waals surface area contributed by atoms with Crippen LogP contribution in [0.4, 0.5) is 10.5 Å². The van der Waals surface area contributed by atoms with Gasteiger partial charge in [0.15, 0.2) is 0 Å². The zero-order valence-corrected chi connectivity index (χ0v) is 13.2. The van der Waals surface area contributed by atoms with Crippen LogP contribution >= 0.6 is 23.2 Å². The first-order chi connectivity index (χ1) is 11.0. The second-order valence-corrected chi connectivity index (χ2v) is 5.89. The third kappa shape index (κ3) is 3.11. The second-order valence-electron chi connectivity index (χ2n) is 5.07. The van der Waals surface area contributed by atoms with Crippen LogP contribution in [0.5, 0.6) is 0 Å². The number of amides is 2. The van der Waals surface area contributed by atoms with E-state index in [0.717, 1.165) is 5.69 Å². The number of anilines is 1. The molecule has 0 saturated carbocycles. The van der Waals surface area contributed by atoms with E-state index in [1.807, 2.05) is 0 Å². The smallest absolute Gasteiger partial charge is 0.326 e. The van der Waals surface area contributed by atoms with E-state index in [1.165, 1.54) is 17.3 Å². The van der Waals surface area contributed by atoms with E-state index in [-0.39, 0.29) is 13.0 Å². The molecule has 7 nitrogen and oxygen atoms in total. The van der Waals surface area contributed by atoms with Gasteiger partial charge in [-0.2, -0.15) is 0 Å². The first kappa shape index (κ1) is 15.6. The molecule has 0 spiro atoms. The molecule has 3 N–H and O–H groups in total. The minimum absolute atomic E-state index is 0.138. The van der Waals surface area contributed by atoms with E-state index in [9.17, 15) is 14.7 Å². The Balaban J connectivity index is 1.82. The number of aromatic nitrogens is 2. The van der Waals surface area contributed by atoms with Crippen LogP contribution in [0.1, 0.15) is 11.4 Å². The van der Waals surface area contributed by atoms with Crippen LogP contribution in [0.3, 0.4) is 0 Å². The summed E-state index contributed by atoms with van der Waals surface area (Å²) in [6.07, 6.45) is 1.65. The maximum atomic E-state index is 12.5. The number of hydrogen-bond acceptors (Lipinski definition) is 3. The second kappa shape index (κ2) is 6.10. The molecule has 0 aliphatic carbocycles. The summed E-state index contributed by atoms with van der Waals surface area (Å²) in [5, 5.41) is 12.7. The van der Waals surface area contributed by atoms with Gasteiger partial charge in [0.1, 0.15) is 6.04 Å². The largest absolute Gasteiger partial charge is 0.480 e. The summed E-state index contributed by atoms with van der Waals surface area (Å²) in [5.74, 6) is -1.08. The van der Waals surface area contributed by atoms with Crippen molar-refractivity contribution >= 4 is 40.9 Å². The fourth-order valence-electron chi connectivity index (χ4n) is 2.44. The van der Waals surface area contributed by atoms with Crippen molar-refractivity contribution in [1.82, 2.24) is 14.9 Å². The van der Waals surface area contributed by atoms with Gasteiger partial charge < -0.3 is 20.3 Å². The van der Waals surface area contributed by atoms with Crippen molar-refractivity contribution in [3.63, 3.8) is 0 Å². The van der Waals surface area contributed by atoms with E-state index < -0.39 is 18.0 Å². The molecule has 0 radical (unpaired) electrons. The Morgan fingerprint density at radius 3 is 2.83 bits per heavy atom. The molecule has 2 amide bonds. The number of carboxylic acid groups (broad SMARTS) is 1. The Hall–Kier alpha value is -2.25. The number of carboxylic acids is 1. The van der Waals surface area contributed by atoms with E-state index >= 15 is 0 Å². The Morgan fingerprint density at radius 1 is 1.35 bits per heavy atom. The lowest BCUT2D eigenvalue weighted by Crippen LogP contribution is -2.50. The first-order valence-corrected chi connectivity index (χ1v) is 7.48. The average molecular weight is 355 g/mol. The van der Waals surface area contributed by atoms with Crippen LogP contribution in [0.15, 0.2) is 24.5 Å². The zero-order valence-electron chi connectivity index (χ0n) is 11.7. The highest BCUT2D eigenvalue weighted by Crippen LogP contribution is 2.26. The highest BCUT2D eigenvalue weighted by atomic mass is 35.5. The van der Waals surface area contributed by atoms with Crippen molar-refractivity contribution < 1.29 is 14.7 Å². The summed E-state index contributed by atoms with van der Waals surface area (Å²) in [5.41, 5.74) is 1.83. The number of H-pyrrole nitrogens is 1. The molecule has 3 rings (SSSR count). The maximum absolute atomic E-state index is 12.5. The molecule has 1 aliphatic rings. The monoisotopic (exact) mass is 354 g/mol. The third-order valence-electron chi connectivity index (χ3n) is 3.62. The summed E-state index contributed by atoms with van der Waals surface area (Å²) in [6, 6.07) is 3.14. The molecule has 9 heteroatoms. The Morgan fingerprint density at radius 2 is 2.13 bits per heavy atom. The summed E-state index contributed by atoms with van der Waals surface area (Å²) < 4.78 is 0. The van der Waals surface area contributed by atoms with Gasteiger partial charge in [-0.25, -0.2) is 14.6 Å². The topological polar surface area (TPSA) is 98.3 Å². The molecule has 0 bridgehead atoms. The lowest BCUT2D eigenvalue weighted by atomic mass is 10.0. The van der Waals surface area contributed by atoms with Gasteiger partial charge in [-0.15, -0.1) is 0 Å². The zero-order chi connectivity index (χ0) is 16.6. The lowest BCUT2D eigenvalue weighted by Gasteiger charge is -2.32. The molecule has 1 aliphatic heterocycles. The van der Waals surface area contributed by atoms with Crippen LogP contribution in [-0.4, -0.2) is 38.0 Å². The van der Waals surface area contributed by atoms with Crippen LogP contribution < -0.4 is 5.32 Å². The number of carbonyl (C=O) groups is 2. The number of benzene rings is 1. The van der Waals surface area contributed by atoms with Gasteiger partial charge in [-0.3, -0.25) is 0 Å². The van der Waals surface area contributed by atoms with Crippen molar-refractivity contribution in [2.24, 2.45) is 0 Å². The summed E-state index contributed by atoms with van der Waals surface area (Å²) in [4.78, 5) is 32.1. The van der Waals surface area contributed by atoms with Gasteiger partial charge in [0.2, 0.25) is 0 Å². The number of nitrogens with zero attached hydrogens (tertiary/aromatic N) is 2. The summed E-state index contributed by atoms with van der Waals surface area (Å²) in [7, 11) is 0. The molecule has 1 aromatic heterocycles. The van der Waals surface area contributed by atoms with E-state index in [4.69, 9.17) is 23.2 Å². The van der Waals surface area contributed by atoms with Crippen LogP contribution in [-0.2, 0) is 17.8 Å². The van der Waals surface area contributed by atoms with Crippen molar-refractivity contribution in [2.75, 3.05) is 5.32 Å². The molecule has 1 unspecified atom stereocenters. The highest BCUT2D eigenvalue weighted by Gasteiger charge is 2.36. The van der Waals surface area contributed by atoms with Crippen molar-refractivity contribution in [2.45, 2.75) is 19.0 Å². The molecule has 2 heterocycles. The van der Waals surface area contributed by atoms with Crippen molar-refractivity contribution in [3.8, 4) is 0 Å². The van der Waals surface area contributed by atoms with E-state index in [2.05, 4.69) is 15.3 Å². The molecule has 1 atom stereocenters. The molecule has 2 aromatic rings. The quantitative estimate of drug-likeness (QED) is 0.772. The van der Waals surface area contributed by atoms with Gasteiger partial charge in [0, 0.05) is 12.1 Å². The molecule has 1 aromatic carbocycles. The number of halogens is 2. The Kier molecular flexibility index (Phi) is 4.14. The van der Waals surface area contributed by atoms with Crippen LogP contribution in [0, 0.1) is 0 Å². The van der Waals surface area contributed by atoms with Gasteiger partial charge in [0.25, 0.3) is 0 Å². The molecule has 23 heavy (non-hydrogen) atoms. The van der Waals surface area contributed by atoms with Crippen molar-refractivity contribution in [1.29, 1.82) is 0 Å². The SMILES string of the molecule is O=C(O)C1Cc2nc[nH]c2CN1C(=O)Nc1ccc(Cl)c(Cl)c1. The predicted molar refractivity (Wildman–Crippen MR) is 84.7 cm³/mol. The number of carbonyl (C=O) groups excluding carboxylic acids is 1. The van der Waals surface area contributed by atoms with E-state index in [0.29, 0.717) is 21.4 Å². The number of aromatic amines is 1. The summed E-state index contributed by atoms with van der Waals surface area (Å²) in [6.45, 7) is 0.138. The average Bonchev–Trinajstić information content (AvgIpc) is 2.97. The third-order valence-corrected chi connectivity index (χ3v) is 4.35. The van der Waals surface area contributed by atoms with E-state index in [1.54, 1.807) is 12.1 Å². The standard InChI is InChI=1S/C14H12Cl2N4O3/c15-8-2-1-7(3-9(8)16)19-14(23)20-5-11-10(17-6-18-11)4-12(20)13(21)22/h1-3,6,12H,4-5H2,(H,17,18)(H,19,23)(H,21,22). The van der Waals surface area contributed by atoms with Crippen LogP contribution in [0.2, 0.25) is 10.0 Å². The van der Waals surface area contributed by atoms with Crippen LogP contribution in [0.25, 0.3) is 0 Å². The normalized spacial score (nSPS) is 16.8. The molecular formula is C14H12Cl2N4O3. The van der Waals surface area contributed by atoms with Crippen molar-refractivity contribution in [3.05, 3.63) is 46.0 Å². The van der Waals surface area contributed by atoms with Gasteiger partial charge in [-0.05, 0) is 18.2 Å². The van der Waals surface area contributed by atoms with Gasteiger partial charge >= 0.3 is 12.0 Å². The number of urea groups is 1. The number of imidazole rings is 1. The summed E-state index contributed by atoms with van der Waals surface area (Å²) >= 11 is 11.7. The Bertz CT molecular complexity index is 777. The molecule has 0 saturated heterocycles. The van der Waals surface area contributed by atoms with Gasteiger partial charge in [0.05, 0.1) is 34.3 Å². The fraction of sp³-hybridized carbons (Fsp3) is 0.214. The number of fused-ring (bicyclic) bond motifs is 1. The number of rotatable bonds is 2. The number of aliphatic carboxylic acids is 1. The maximum Gasteiger partial charge on any atom is 0.326 e. The molecule has 120 valence electrons. The predicted octanol–water partition coefficient (Wildman–Crippen LogP) is 2.76. The number of nitrogens with one attached hydrogen (secondary N) is 2. The van der Waals surface area contributed by atoms with Gasteiger partial charge in [-0.1, -0.05) is 23.2 Å². The lowest BCUT2D eigenvalue weighted by molar-refractivity contribution is -0.142. The Labute approximate surface area is 141 Å².